The summed E-state index contributed by atoms with van der Waals surface area (Å²) in [5.74, 6) is -0.0197. The Balaban J connectivity index is 1.92. The number of aliphatic hydroxyl groups is 1. The Morgan fingerprint density at radius 1 is 1.26 bits per heavy atom. The molecule has 1 amide bonds. The molecule has 0 radical (unpaired) electrons. The zero-order valence-electron chi connectivity index (χ0n) is 9.88. The zero-order chi connectivity index (χ0) is 14.0. The van der Waals surface area contributed by atoms with Gasteiger partial charge in [0.05, 0.1) is 27.2 Å². The van der Waals surface area contributed by atoms with Crippen molar-refractivity contribution in [1.82, 2.24) is 5.32 Å². The number of hydrogen-bond acceptors (Lipinski definition) is 3. The summed E-state index contributed by atoms with van der Waals surface area (Å²) in [6.07, 6.45) is 1.56. The third-order valence-corrected chi connectivity index (χ3v) is 3.91. The summed E-state index contributed by atoms with van der Waals surface area (Å²) in [7, 11) is 0. The van der Waals surface area contributed by atoms with E-state index in [-0.39, 0.29) is 24.1 Å². The topological polar surface area (TPSA) is 58.6 Å². The van der Waals surface area contributed by atoms with Crippen LogP contribution in [0.3, 0.4) is 0 Å². The Hall–Kier alpha value is -0.680. The molecule has 0 unspecified atom stereocenters. The summed E-state index contributed by atoms with van der Waals surface area (Å²) < 4.78 is 5.28. The third-order valence-electron chi connectivity index (χ3n) is 2.89. The quantitative estimate of drug-likeness (QED) is 0.819. The summed E-state index contributed by atoms with van der Waals surface area (Å²) in [6, 6.07) is 2.91. The molecule has 2 rings (SSSR count). The molecule has 0 heterocycles. The summed E-state index contributed by atoms with van der Waals surface area (Å²) in [6.45, 7) is -0.258. The highest BCUT2D eigenvalue weighted by Gasteiger charge is 2.43. The van der Waals surface area contributed by atoms with Gasteiger partial charge in [-0.25, -0.2) is 0 Å². The fraction of sp³-hybridized carbons (Fsp3) is 0.417. The zero-order valence-corrected chi connectivity index (χ0v) is 12.1. The fourth-order valence-electron chi connectivity index (χ4n) is 1.56. The highest BCUT2D eigenvalue weighted by molar-refractivity contribution is 6.43. The van der Waals surface area contributed by atoms with Gasteiger partial charge in [-0.1, -0.05) is 34.8 Å². The van der Waals surface area contributed by atoms with E-state index in [1.54, 1.807) is 0 Å². The Morgan fingerprint density at radius 2 is 1.89 bits per heavy atom. The van der Waals surface area contributed by atoms with E-state index in [0.717, 1.165) is 12.8 Å². The first kappa shape index (κ1) is 14.7. The van der Waals surface area contributed by atoms with E-state index in [2.05, 4.69) is 5.32 Å². The molecule has 1 aliphatic carbocycles. The van der Waals surface area contributed by atoms with Crippen LogP contribution in [0.2, 0.25) is 15.1 Å². The van der Waals surface area contributed by atoms with Crippen LogP contribution in [0.4, 0.5) is 0 Å². The standard InChI is InChI=1S/C12H12Cl3NO3/c13-7-3-9(15)10(4-8(7)14)19-5-11(18)16-12(6-17)1-2-12/h3-4,17H,1-2,5-6H2,(H,16,18). The predicted octanol–water partition coefficient (Wildman–Crippen LogP) is 2.67. The second kappa shape index (κ2) is 5.75. The van der Waals surface area contributed by atoms with Gasteiger partial charge in [0.15, 0.2) is 6.61 Å². The maximum atomic E-state index is 11.6. The number of benzene rings is 1. The lowest BCUT2D eigenvalue weighted by Crippen LogP contribution is -2.42. The molecule has 1 saturated carbocycles. The lowest BCUT2D eigenvalue weighted by atomic mass is 10.3. The summed E-state index contributed by atoms with van der Waals surface area (Å²) in [5, 5.41) is 12.7. The van der Waals surface area contributed by atoms with E-state index in [0.29, 0.717) is 15.8 Å². The highest BCUT2D eigenvalue weighted by Crippen LogP contribution is 2.35. The van der Waals surface area contributed by atoms with Crippen molar-refractivity contribution in [2.45, 2.75) is 18.4 Å². The Morgan fingerprint density at radius 3 is 2.47 bits per heavy atom. The minimum absolute atomic E-state index is 0.0632. The van der Waals surface area contributed by atoms with Gasteiger partial charge in [0, 0.05) is 6.07 Å². The fourth-order valence-corrected chi connectivity index (χ4v) is 2.15. The van der Waals surface area contributed by atoms with Gasteiger partial charge in [-0.05, 0) is 18.9 Å². The number of rotatable bonds is 5. The summed E-state index contributed by atoms with van der Waals surface area (Å²) in [4.78, 5) is 11.6. The molecule has 0 aliphatic heterocycles. The van der Waals surface area contributed by atoms with Gasteiger partial charge in [-0.2, -0.15) is 0 Å². The summed E-state index contributed by atoms with van der Waals surface area (Å²) in [5.41, 5.74) is -0.456. The van der Waals surface area contributed by atoms with Crippen molar-refractivity contribution < 1.29 is 14.6 Å². The molecular formula is C12H12Cl3NO3. The molecule has 7 heteroatoms. The number of carbonyl (C=O) groups is 1. The molecular weight excluding hydrogens is 312 g/mol. The van der Waals surface area contributed by atoms with Crippen LogP contribution in [-0.2, 0) is 4.79 Å². The number of nitrogens with one attached hydrogen (secondary N) is 1. The second-order valence-electron chi connectivity index (χ2n) is 4.47. The van der Waals surface area contributed by atoms with Crippen LogP contribution in [0.5, 0.6) is 5.75 Å². The summed E-state index contributed by atoms with van der Waals surface area (Å²) >= 11 is 17.5. The van der Waals surface area contributed by atoms with E-state index in [1.165, 1.54) is 12.1 Å². The number of amides is 1. The SMILES string of the molecule is O=C(COc1cc(Cl)c(Cl)cc1Cl)NC1(CO)CC1. The Kier molecular flexibility index (Phi) is 4.46. The molecule has 0 spiro atoms. The van der Waals surface area contributed by atoms with E-state index < -0.39 is 5.54 Å². The minimum atomic E-state index is -0.456. The van der Waals surface area contributed by atoms with Crippen molar-refractivity contribution in [3.63, 3.8) is 0 Å². The first-order chi connectivity index (χ1) is 8.96. The molecule has 0 saturated heterocycles. The van der Waals surface area contributed by atoms with Crippen LogP contribution in [0.25, 0.3) is 0 Å². The van der Waals surface area contributed by atoms with Crippen molar-refractivity contribution in [2.24, 2.45) is 0 Å². The van der Waals surface area contributed by atoms with Crippen LogP contribution in [-0.4, -0.2) is 29.8 Å². The molecule has 0 bridgehead atoms. The van der Waals surface area contributed by atoms with E-state index >= 15 is 0 Å². The van der Waals surface area contributed by atoms with E-state index in [1.807, 2.05) is 0 Å². The average Bonchev–Trinajstić information content (AvgIpc) is 3.12. The van der Waals surface area contributed by atoms with Crippen molar-refractivity contribution in [1.29, 1.82) is 0 Å². The maximum Gasteiger partial charge on any atom is 0.258 e. The van der Waals surface area contributed by atoms with E-state index in [9.17, 15) is 4.79 Å². The lowest BCUT2D eigenvalue weighted by Gasteiger charge is -2.15. The minimum Gasteiger partial charge on any atom is -0.482 e. The number of ether oxygens (including phenoxy) is 1. The van der Waals surface area contributed by atoms with Gasteiger partial charge in [0.2, 0.25) is 0 Å². The number of hydrogen-bond donors (Lipinski definition) is 2. The van der Waals surface area contributed by atoms with Gasteiger partial charge >= 0.3 is 0 Å². The second-order valence-corrected chi connectivity index (χ2v) is 5.69. The number of carbonyl (C=O) groups excluding carboxylic acids is 1. The molecule has 19 heavy (non-hydrogen) atoms. The van der Waals surface area contributed by atoms with Gasteiger partial charge < -0.3 is 15.2 Å². The van der Waals surface area contributed by atoms with Crippen LogP contribution in [0.15, 0.2) is 12.1 Å². The smallest absolute Gasteiger partial charge is 0.258 e. The lowest BCUT2D eigenvalue weighted by molar-refractivity contribution is -0.124. The largest absolute Gasteiger partial charge is 0.482 e. The first-order valence-corrected chi connectivity index (χ1v) is 6.78. The van der Waals surface area contributed by atoms with Crippen LogP contribution in [0.1, 0.15) is 12.8 Å². The molecule has 4 nitrogen and oxygen atoms in total. The van der Waals surface area contributed by atoms with E-state index in [4.69, 9.17) is 44.6 Å². The van der Waals surface area contributed by atoms with Gasteiger partial charge in [-0.3, -0.25) is 4.79 Å². The number of halogens is 3. The molecule has 1 aromatic carbocycles. The molecule has 0 atom stereocenters. The van der Waals surface area contributed by atoms with Crippen molar-refractivity contribution in [2.75, 3.05) is 13.2 Å². The molecule has 2 N–H and O–H groups in total. The molecule has 104 valence electrons. The Bertz CT molecular complexity index is 503. The normalized spacial score (nSPS) is 16.0. The van der Waals surface area contributed by atoms with Crippen molar-refractivity contribution >= 4 is 40.7 Å². The highest BCUT2D eigenvalue weighted by atomic mass is 35.5. The first-order valence-electron chi connectivity index (χ1n) is 5.65. The third kappa shape index (κ3) is 3.66. The monoisotopic (exact) mass is 323 g/mol. The van der Waals surface area contributed by atoms with Crippen molar-refractivity contribution in [3.05, 3.63) is 27.2 Å². The molecule has 1 aliphatic rings. The Labute approximate surface area is 125 Å². The van der Waals surface area contributed by atoms with Crippen LogP contribution in [0, 0.1) is 0 Å². The van der Waals surface area contributed by atoms with Crippen LogP contribution >= 0.6 is 34.8 Å². The van der Waals surface area contributed by atoms with Gasteiger partial charge in [-0.15, -0.1) is 0 Å². The maximum absolute atomic E-state index is 11.6. The molecule has 1 aromatic rings. The molecule has 1 fully saturated rings. The molecule has 0 aromatic heterocycles. The van der Waals surface area contributed by atoms with Crippen LogP contribution < -0.4 is 10.1 Å². The van der Waals surface area contributed by atoms with Crippen molar-refractivity contribution in [3.8, 4) is 5.75 Å². The predicted molar refractivity (Wildman–Crippen MR) is 74.2 cm³/mol. The number of aliphatic hydroxyl groups excluding tert-OH is 1. The van der Waals surface area contributed by atoms with Gasteiger partial charge in [0.1, 0.15) is 5.75 Å². The van der Waals surface area contributed by atoms with Gasteiger partial charge in [0.25, 0.3) is 5.91 Å². The average molecular weight is 325 g/mol.